The number of nitrogens with zero attached hydrogens (tertiary/aromatic N) is 1. The van der Waals surface area contributed by atoms with E-state index in [4.69, 9.17) is 0 Å². The summed E-state index contributed by atoms with van der Waals surface area (Å²) < 4.78 is 2.08. The van der Waals surface area contributed by atoms with Gasteiger partial charge in [0, 0.05) is 17.9 Å². The van der Waals surface area contributed by atoms with Crippen molar-refractivity contribution in [2.24, 2.45) is 5.92 Å². The maximum Gasteiger partial charge on any atom is 0.0449 e. The topological polar surface area (TPSA) is 4.41 Å². The predicted molar refractivity (Wildman–Crippen MR) is 76.0 cm³/mol. The highest BCUT2D eigenvalue weighted by Crippen LogP contribution is 2.01. The summed E-state index contributed by atoms with van der Waals surface area (Å²) in [7, 11) is 0. The van der Waals surface area contributed by atoms with Crippen LogP contribution in [0.4, 0.5) is 0 Å². The highest BCUT2D eigenvalue weighted by atomic mass is 14.8. The summed E-state index contributed by atoms with van der Waals surface area (Å²) in [4.78, 5) is 0. The Kier molecular flexibility index (Phi) is 11.0. The lowest BCUT2D eigenvalue weighted by Gasteiger charge is -1.88. The number of fused-ring (bicyclic) bond motifs is 1. The van der Waals surface area contributed by atoms with Crippen LogP contribution in [0.1, 0.15) is 42.0 Å². The van der Waals surface area contributed by atoms with E-state index in [1.807, 2.05) is 44.4 Å². The zero-order valence-electron chi connectivity index (χ0n) is 10.6. The van der Waals surface area contributed by atoms with Gasteiger partial charge in [-0.2, -0.15) is 0 Å². The van der Waals surface area contributed by atoms with E-state index >= 15 is 0 Å². The van der Waals surface area contributed by atoms with E-state index in [0.29, 0.717) is 0 Å². The first-order valence-electron chi connectivity index (χ1n) is 5.72. The molecule has 0 fully saturated rings. The first-order chi connectivity index (χ1) is 7.20. The van der Waals surface area contributed by atoms with Crippen molar-refractivity contribution in [2.45, 2.75) is 42.0 Å². The van der Waals surface area contributed by atoms with Gasteiger partial charge in [-0.05, 0) is 30.2 Å². The monoisotopic (exact) mass is 221 g/mol. The summed E-state index contributed by atoms with van der Waals surface area (Å²) in [6.07, 6.45) is 4.07. The van der Waals surface area contributed by atoms with Crippen LogP contribution in [0.25, 0.3) is 5.52 Å². The molecule has 0 N–H and O–H groups in total. The normalized spacial score (nSPS) is 8.38. The zero-order chi connectivity index (χ0) is 11.7. The SMILES string of the molecule is C.CC.CC(C)C.c1ccn2cccc2c1. The Hall–Kier alpha value is -1.24. The molecule has 2 rings (SSSR count). The number of hydrogen-bond donors (Lipinski definition) is 0. The number of pyridine rings is 1. The Bertz CT molecular complexity index is 314. The molecule has 0 bridgehead atoms. The highest BCUT2D eigenvalue weighted by molar-refractivity contribution is 5.46. The minimum atomic E-state index is 0. The summed E-state index contributed by atoms with van der Waals surface area (Å²) in [6, 6.07) is 10.3. The van der Waals surface area contributed by atoms with Gasteiger partial charge >= 0.3 is 0 Å². The summed E-state index contributed by atoms with van der Waals surface area (Å²) in [5, 5.41) is 0. The smallest absolute Gasteiger partial charge is 0.0449 e. The Morgan fingerprint density at radius 2 is 1.31 bits per heavy atom. The molecule has 2 aromatic rings. The summed E-state index contributed by atoms with van der Waals surface area (Å²) in [5.41, 5.74) is 1.25. The highest BCUT2D eigenvalue weighted by Gasteiger charge is 1.83. The fourth-order valence-corrected chi connectivity index (χ4v) is 0.980. The molecule has 0 aliphatic rings. The largest absolute Gasteiger partial charge is 0.324 e. The second kappa shape index (κ2) is 10.3. The van der Waals surface area contributed by atoms with Crippen molar-refractivity contribution in [1.29, 1.82) is 0 Å². The summed E-state index contributed by atoms with van der Waals surface area (Å²) in [5.74, 6) is 0.833. The van der Waals surface area contributed by atoms with Gasteiger partial charge in [0.25, 0.3) is 0 Å². The van der Waals surface area contributed by atoms with Gasteiger partial charge in [-0.15, -0.1) is 0 Å². The van der Waals surface area contributed by atoms with E-state index in [-0.39, 0.29) is 7.43 Å². The first-order valence-corrected chi connectivity index (χ1v) is 5.72. The molecule has 0 aromatic carbocycles. The van der Waals surface area contributed by atoms with Gasteiger partial charge in [-0.1, -0.05) is 48.1 Å². The molecule has 0 spiro atoms. The molecule has 1 heteroatoms. The Morgan fingerprint density at radius 3 is 1.81 bits per heavy atom. The Labute approximate surface area is 101 Å². The van der Waals surface area contributed by atoms with Crippen molar-refractivity contribution in [1.82, 2.24) is 4.40 Å². The van der Waals surface area contributed by atoms with Gasteiger partial charge < -0.3 is 4.40 Å². The fourth-order valence-electron chi connectivity index (χ4n) is 0.980. The van der Waals surface area contributed by atoms with Crippen molar-refractivity contribution < 1.29 is 0 Å². The van der Waals surface area contributed by atoms with Crippen LogP contribution in [0.5, 0.6) is 0 Å². The summed E-state index contributed by atoms with van der Waals surface area (Å²) >= 11 is 0. The van der Waals surface area contributed by atoms with Crippen molar-refractivity contribution in [2.75, 3.05) is 0 Å². The van der Waals surface area contributed by atoms with E-state index < -0.39 is 0 Å². The Balaban J connectivity index is 0. The molecule has 0 radical (unpaired) electrons. The molecule has 0 atom stereocenters. The van der Waals surface area contributed by atoms with Crippen molar-refractivity contribution in [3.8, 4) is 0 Å². The van der Waals surface area contributed by atoms with Gasteiger partial charge in [-0.3, -0.25) is 0 Å². The maximum atomic E-state index is 2.17. The molecule has 0 saturated carbocycles. The second-order valence-corrected chi connectivity index (χ2v) is 3.77. The predicted octanol–water partition coefficient (Wildman–Crippen LogP) is 5.26. The van der Waals surface area contributed by atoms with Crippen LogP contribution >= 0.6 is 0 Å². The van der Waals surface area contributed by atoms with E-state index in [1.54, 1.807) is 0 Å². The molecule has 2 heterocycles. The lowest BCUT2D eigenvalue weighted by atomic mass is 10.3. The van der Waals surface area contributed by atoms with Crippen LogP contribution < -0.4 is 0 Å². The molecular weight excluding hydrogens is 194 g/mol. The molecule has 2 aromatic heterocycles. The van der Waals surface area contributed by atoms with E-state index in [2.05, 4.69) is 37.3 Å². The molecule has 0 aliphatic heterocycles. The lowest BCUT2D eigenvalue weighted by Crippen LogP contribution is -1.75. The van der Waals surface area contributed by atoms with Crippen LogP contribution in [-0.4, -0.2) is 4.40 Å². The average molecular weight is 221 g/mol. The molecule has 0 aliphatic carbocycles. The van der Waals surface area contributed by atoms with Crippen LogP contribution in [-0.2, 0) is 0 Å². The number of rotatable bonds is 0. The van der Waals surface area contributed by atoms with Gasteiger partial charge in [0.2, 0.25) is 0 Å². The van der Waals surface area contributed by atoms with Gasteiger partial charge in [0.1, 0.15) is 0 Å². The molecule has 0 unspecified atom stereocenters. The lowest BCUT2D eigenvalue weighted by molar-refractivity contribution is 0.737. The number of hydrogen-bond acceptors (Lipinski definition) is 0. The van der Waals surface area contributed by atoms with E-state index in [0.717, 1.165) is 5.92 Å². The molecule has 1 nitrogen and oxygen atoms in total. The van der Waals surface area contributed by atoms with Crippen LogP contribution in [0, 0.1) is 5.92 Å². The second-order valence-electron chi connectivity index (χ2n) is 3.77. The van der Waals surface area contributed by atoms with E-state index in [1.165, 1.54) is 5.52 Å². The van der Waals surface area contributed by atoms with Crippen molar-refractivity contribution >= 4 is 5.52 Å². The third kappa shape index (κ3) is 7.10. The average Bonchev–Trinajstić information content (AvgIpc) is 2.67. The third-order valence-electron chi connectivity index (χ3n) is 1.44. The molecule has 0 saturated heterocycles. The zero-order valence-corrected chi connectivity index (χ0v) is 10.6. The quantitative estimate of drug-likeness (QED) is 0.571. The Morgan fingerprint density at radius 1 is 0.875 bits per heavy atom. The third-order valence-corrected chi connectivity index (χ3v) is 1.44. The first kappa shape index (κ1) is 17.2. The van der Waals surface area contributed by atoms with Crippen molar-refractivity contribution in [3.05, 3.63) is 42.7 Å². The molecular formula is C15H27N. The molecule has 92 valence electrons. The maximum absolute atomic E-state index is 2.17. The summed E-state index contributed by atoms with van der Waals surface area (Å²) in [6.45, 7) is 10.5. The molecule has 0 amide bonds. The minimum Gasteiger partial charge on any atom is -0.324 e. The van der Waals surface area contributed by atoms with Gasteiger partial charge in [-0.25, -0.2) is 0 Å². The standard InChI is InChI=1S/C8H7N.C4H10.C2H6.CH4/c1-2-6-9-7-3-5-8(9)4-1;1-4(2)3;1-2;/h1-7H;4H,1-3H3;1-2H3;1H4. The van der Waals surface area contributed by atoms with Crippen LogP contribution in [0.3, 0.4) is 0 Å². The van der Waals surface area contributed by atoms with Gasteiger partial charge in [0.15, 0.2) is 0 Å². The van der Waals surface area contributed by atoms with Crippen LogP contribution in [0.2, 0.25) is 0 Å². The van der Waals surface area contributed by atoms with Crippen molar-refractivity contribution in [3.63, 3.8) is 0 Å². The van der Waals surface area contributed by atoms with E-state index in [9.17, 15) is 0 Å². The fraction of sp³-hybridized carbons (Fsp3) is 0.467. The number of aromatic nitrogens is 1. The van der Waals surface area contributed by atoms with Gasteiger partial charge in [0.05, 0.1) is 0 Å². The molecule has 16 heavy (non-hydrogen) atoms. The minimum absolute atomic E-state index is 0. The van der Waals surface area contributed by atoms with Crippen LogP contribution in [0.15, 0.2) is 42.7 Å².